The number of fused-ring (bicyclic) bond motifs is 1. The minimum atomic E-state index is -0.684. The molecule has 0 saturated carbocycles. The van der Waals surface area contributed by atoms with Crippen LogP contribution in [0, 0.1) is 0 Å². The number of nitrogens with one attached hydrogen (secondary N) is 1. The number of carbonyl (C=O) groups is 2. The Bertz CT molecular complexity index is 1180. The van der Waals surface area contributed by atoms with Crippen LogP contribution in [-0.4, -0.2) is 55.3 Å². The van der Waals surface area contributed by atoms with E-state index in [1.54, 1.807) is 57.5 Å². The fraction of sp³-hybridized carbons (Fsp3) is 0.304. The zero-order chi connectivity index (χ0) is 23.5. The van der Waals surface area contributed by atoms with Crippen molar-refractivity contribution in [3.05, 3.63) is 64.2 Å². The predicted octanol–water partition coefficient (Wildman–Crippen LogP) is 3.25. The number of rotatable bonds is 7. The summed E-state index contributed by atoms with van der Waals surface area (Å²) in [5.74, 6) is -0.0552. The van der Waals surface area contributed by atoms with Crippen molar-refractivity contribution >= 4 is 28.3 Å². The van der Waals surface area contributed by atoms with Gasteiger partial charge < -0.3 is 19.1 Å². The molecular formula is C23H24N4O5S. The molecule has 0 fully saturated rings. The molecule has 2 atom stereocenters. The summed E-state index contributed by atoms with van der Waals surface area (Å²) >= 11 is 1.24. The number of methoxy groups -OCH3 is 3. The minimum absolute atomic E-state index is 0.160. The molecule has 1 aliphatic rings. The predicted molar refractivity (Wildman–Crippen MR) is 123 cm³/mol. The lowest BCUT2D eigenvalue weighted by Crippen LogP contribution is -2.44. The van der Waals surface area contributed by atoms with Crippen LogP contribution in [0.25, 0.3) is 0 Å². The molecule has 2 amide bonds. The highest BCUT2D eigenvalue weighted by atomic mass is 32.1. The van der Waals surface area contributed by atoms with E-state index in [4.69, 9.17) is 14.2 Å². The summed E-state index contributed by atoms with van der Waals surface area (Å²) in [4.78, 5) is 28.4. The van der Waals surface area contributed by atoms with Gasteiger partial charge in [0.05, 0.1) is 26.2 Å². The zero-order valence-electron chi connectivity index (χ0n) is 18.7. The lowest BCUT2D eigenvalue weighted by molar-refractivity contribution is -0.119. The van der Waals surface area contributed by atoms with E-state index in [-0.39, 0.29) is 11.8 Å². The highest BCUT2D eigenvalue weighted by Gasteiger charge is 2.43. The number of amides is 2. The lowest BCUT2D eigenvalue weighted by atomic mass is 9.79. The standard InChI is InChI=1S/C23H24N4O5S/c1-27-20(13-9-10-16(31-3)17(11-13)32-4)19(14-7-5-6-8-15(14)22(27)29)21(28)24-23-26-25-18(33-23)12-30-2/h5-11,19-20H,12H2,1-4H3,(H,24,26,28)/t19-,20-/m1/s1. The summed E-state index contributed by atoms with van der Waals surface area (Å²) < 4.78 is 15.9. The number of hydrogen-bond acceptors (Lipinski definition) is 8. The van der Waals surface area contributed by atoms with Crippen molar-refractivity contribution < 1.29 is 23.8 Å². The molecule has 1 N–H and O–H groups in total. The van der Waals surface area contributed by atoms with Crippen LogP contribution in [0.5, 0.6) is 11.5 Å². The fourth-order valence-corrected chi connectivity index (χ4v) is 4.79. The van der Waals surface area contributed by atoms with Gasteiger partial charge >= 0.3 is 0 Å². The fourth-order valence-electron chi connectivity index (χ4n) is 4.08. The molecule has 1 aromatic heterocycles. The number of aromatic nitrogens is 2. The maximum atomic E-state index is 13.6. The van der Waals surface area contributed by atoms with Crippen LogP contribution in [0.4, 0.5) is 5.13 Å². The highest BCUT2D eigenvalue weighted by Crippen LogP contribution is 2.44. The van der Waals surface area contributed by atoms with Crippen LogP contribution in [0.15, 0.2) is 42.5 Å². The molecule has 0 radical (unpaired) electrons. The molecule has 0 saturated heterocycles. The molecule has 9 nitrogen and oxygen atoms in total. The molecule has 3 aromatic rings. The van der Waals surface area contributed by atoms with Crippen molar-refractivity contribution in [2.24, 2.45) is 0 Å². The summed E-state index contributed by atoms with van der Waals surface area (Å²) in [5.41, 5.74) is 1.89. The molecule has 1 aliphatic heterocycles. The van der Waals surface area contributed by atoms with Crippen LogP contribution in [-0.2, 0) is 16.1 Å². The Hall–Kier alpha value is -3.50. The second-order valence-corrected chi connectivity index (χ2v) is 8.53. The summed E-state index contributed by atoms with van der Waals surface area (Å²) in [6.07, 6.45) is 0. The Kier molecular flexibility index (Phi) is 6.57. The molecule has 2 heterocycles. The van der Waals surface area contributed by atoms with Gasteiger partial charge in [0.15, 0.2) is 11.5 Å². The molecule has 0 unspecified atom stereocenters. The van der Waals surface area contributed by atoms with E-state index in [1.165, 1.54) is 11.3 Å². The van der Waals surface area contributed by atoms with Gasteiger partial charge in [-0.2, -0.15) is 0 Å². The second-order valence-electron chi connectivity index (χ2n) is 7.46. The van der Waals surface area contributed by atoms with Crippen LogP contribution >= 0.6 is 11.3 Å². The number of benzene rings is 2. The van der Waals surface area contributed by atoms with Crippen molar-refractivity contribution in [3.63, 3.8) is 0 Å². The van der Waals surface area contributed by atoms with E-state index in [0.717, 1.165) is 5.56 Å². The third-order valence-corrected chi connectivity index (χ3v) is 6.39. The Labute approximate surface area is 195 Å². The zero-order valence-corrected chi connectivity index (χ0v) is 19.5. The number of hydrogen-bond donors (Lipinski definition) is 1. The van der Waals surface area contributed by atoms with E-state index in [2.05, 4.69) is 15.5 Å². The second kappa shape index (κ2) is 9.55. The van der Waals surface area contributed by atoms with Gasteiger partial charge in [-0.1, -0.05) is 35.6 Å². The van der Waals surface area contributed by atoms with Gasteiger partial charge in [0.25, 0.3) is 5.91 Å². The summed E-state index contributed by atoms with van der Waals surface area (Å²) in [6.45, 7) is 0.311. The first kappa shape index (κ1) is 22.7. The molecule has 10 heteroatoms. The molecule has 4 rings (SSSR count). The number of nitrogens with zero attached hydrogens (tertiary/aromatic N) is 3. The summed E-state index contributed by atoms with van der Waals surface area (Å²) in [7, 11) is 6.37. The van der Waals surface area contributed by atoms with E-state index in [1.807, 2.05) is 18.2 Å². The Morgan fingerprint density at radius 3 is 2.58 bits per heavy atom. The van der Waals surface area contributed by atoms with Crippen LogP contribution in [0.1, 0.15) is 38.5 Å². The summed E-state index contributed by atoms with van der Waals surface area (Å²) in [6, 6.07) is 12.0. The van der Waals surface area contributed by atoms with E-state index in [9.17, 15) is 9.59 Å². The highest BCUT2D eigenvalue weighted by molar-refractivity contribution is 7.15. The quantitative estimate of drug-likeness (QED) is 0.568. The third-order valence-electron chi connectivity index (χ3n) is 5.58. The Morgan fingerprint density at radius 2 is 1.85 bits per heavy atom. The number of ether oxygens (including phenoxy) is 3. The van der Waals surface area contributed by atoms with Crippen molar-refractivity contribution in [2.75, 3.05) is 33.7 Å². The first-order valence-corrected chi connectivity index (χ1v) is 11.0. The van der Waals surface area contributed by atoms with Crippen LogP contribution in [0.3, 0.4) is 0 Å². The van der Waals surface area contributed by atoms with E-state index in [0.29, 0.717) is 39.4 Å². The first-order chi connectivity index (χ1) is 16.0. The van der Waals surface area contributed by atoms with E-state index >= 15 is 0 Å². The van der Waals surface area contributed by atoms with Crippen LogP contribution < -0.4 is 14.8 Å². The van der Waals surface area contributed by atoms with E-state index < -0.39 is 12.0 Å². The molecular weight excluding hydrogens is 444 g/mol. The van der Waals surface area contributed by atoms with Crippen molar-refractivity contribution in [1.82, 2.24) is 15.1 Å². The molecule has 172 valence electrons. The van der Waals surface area contributed by atoms with Gasteiger partial charge in [0.1, 0.15) is 11.6 Å². The Balaban J connectivity index is 1.78. The first-order valence-electron chi connectivity index (χ1n) is 10.2. The lowest BCUT2D eigenvalue weighted by Gasteiger charge is -2.39. The van der Waals surface area contributed by atoms with Crippen molar-refractivity contribution in [3.8, 4) is 11.5 Å². The maximum absolute atomic E-state index is 13.6. The average molecular weight is 469 g/mol. The minimum Gasteiger partial charge on any atom is -0.493 e. The third kappa shape index (κ3) is 4.27. The largest absolute Gasteiger partial charge is 0.493 e. The summed E-state index contributed by atoms with van der Waals surface area (Å²) in [5, 5.41) is 12.0. The van der Waals surface area contributed by atoms with Gasteiger partial charge in [0, 0.05) is 19.7 Å². The SMILES string of the molecule is COCc1nnc(NC(=O)[C@@H]2c3ccccc3C(=O)N(C)[C@@H]2c2ccc(OC)c(OC)c2)s1. The number of anilines is 1. The Morgan fingerprint density at radius 1 is 1.09 bits per heavy atom. The van der Waals surface area contributed by atoms with Gasteiger partial charge in [-0.15, -0.1) is 10.2 Å². The normalized spacial score (nSPS) is 17.5. The smallest absolute Gasteiger partial charge is 0.254 e. The van der Waals surface area contributed by atoms with Crippen LogP contribution in [0.2, 0.25) is 0 Å². The number of likely N-dealkylation sites (N-methyl/N-ethyl adjacent to an activating group) is 1. The molecule has 2 aromatic carbocycles. The molecule has 0 aliphatic carbocycles. The maximum Gasteiger partial charge on any atom is 0.254 e. The van der Waals surface area contributed by atoms with Crippen molar-refractivity contribution in [2.45, 2.75) is 18.6 Å². The monoisotopic (exact) mass is 468 g/mol. The van der Waals surface area contributed by atoms with Gasteiger partial charge in [-0.05, 0) is 29.3 Å². The van der Waals surface area contributed by atoms with Gasteiger partial charge in [-0.3, -0.25) is 14.9 Å². The number of carbonyl (C=O) groups excluding carboxylic acids is 2. The molecule has 0 spiro atoms. The van der Waals surface area contributed by atoms with Gasteiger partial charge in [0.2, 0.25) is 11.0 Å². The molecule has 33 heavy (non-hydrogen) atoms. The van der Waals surface area contributed by atoms with Crippen molar-refractivity contribution in [1.29, 1.82) is 0 Å². The average Bonchev–Trinajstić information content (AvgIpc) is 3.27. The van der Waals surface area contributed by atoms with Gasteiger partial charge in [-0.25, -0.2) is 0 Å². The molecule has 0 bridgehead atoms. The topological polar surface area (TPSA) is 103 Å².